The van der Waals surface area contributed by atoms with Crippen molar-refractivity contribution in [3.63, 3.8) is 0 Å². The molecular weight excluding hydrogens is 634 g/mol. The van der Waals surface area contributed by atoms with Gasteiger partial charge in [0.25, 0.3) is 5.91 Å². The van der Waals surface area contributed by atoms with Gasteiger partial charge >= 0.3 is 12.0 Å². The highest BCUT2D eigenvalue weighted by Gasteiger charge is 2.46. The van der Waals surface area contributed by atoms with Crippen molar-refractivity contribution in [3.8, 4) is 0 Å². The van der Waals surface area contributed by atoms with Gasteiger partial charge in [0, 0.05) is 36.0 Å². The van der Waals surface area contributed by atoms with E-state index in [4.69, 9.17) is 16.3 Å². The first kappa shape index (κ1) is 35.3. The molecule has 5 atom stereocenters. The molecule has 2 unspecified atom stereocenters. The molecule has 5 N–H and O–H groups in total. The Labute approximate surface area is 276 Å². The van der Waals surface area contributed by atoms with E-state index in [1.165, 1.54) is 42.5 Å². The molecule has 1 aliphatic rings. The second kappa shape index (κ2) is 16.3. The van der Waals surface area contributed by atoms with E-state index in [9.17, 15) is 24.3 Å². The molecule has 4 rings (SSSR count). The first-order chi connectivity index (χ1) is 22.5. The van der Waals surface area contributed by atoms with Crippen LogP contribution in [0.25, 0.3) is 0 Å². The van der Waals surface area contributed by atoms with E-state index in [1.807, 2.05) is 0 Å². The highest BCUT2D eigenvalue weighted by molar-refractivity contribution is 6.30. The fourth-order valence-electron chi connectivity index (χ4n) is 5.36. The fourth-order valence-corrected chi connectivity index (χ4v) is 5.55. The Balaban J connectivity index is 1.60. The Hall–Kier alpha value is -4.55. The molecule has 0 aromatic heterocycles. The number of alkyl halides is 2. The van der Waals surface area contributed by atoms with Crippen molar-refractivity contribution in [2.24, 2.45) is 5.92 Å². The van der Waals surface area contributed by atoms with Crippen LogP contribution >= 0.6 is 11.6 Å². The van der Waals surface area contributed by atoms with Crippen LogP contribution in [-0.4, -0.2) is 60.2 Å². The highest BCUT2D eigenvalue weighted by atomic mass is 35.5. The van der Waals surface area contributed by atoms with Crippen molar-refractivity contribution in [1.82, 2.24) is 21.3 Å². The largest absolute Gasteiger partial charge is 0.434 e. The second-order valence-corrected chi connectivity index (χ2v) is 11.6. The van der Waals surface area contributed by atoms with E-state index >= 15 is 8.78 Å². The van der Waals surface area contributed by atoms with Crippen LogP contribution in [0.2, 0.25) is 5.02 Å². The summed E-state index contributed by atoms with van der Waals surface area (Å²) in [7, 11) is 0. The summed E-state index contributed by atoms with van der Waals surface area (Å²) in [6, 6.07) is 18.5. The van der Waals surface area contributed by atoms with E-state index in [1.54, 1.807) is 43.3 Å². The van der Waals surface area contributed by atoms with Crippen molar-refractivity contribution in [3.05, 3.63) is 107 Å². The SMILES string of the molecule is CCNC(=O)C(O)[C@H](C[C@@H]1CCNC1=O)NC(=O)[C@H](Cc1ccccc1)NC(=O)OC(c1ccccc1)C(F)(F)c1cccc(Cl)c1. The molecule has 1 heterocycles. The zero-order valence-electron chi connectivity index (χ0n) is 25.6. The molecule has 0 radical (unpaired) electrons. The predicted molar refractivity (Wildman–Crippen MR) is 170 cm³/mol. The number of carbonyl (C=O) groups is 4. The molecule has 13 heteroatoms. The van der Waals surface area contributed by atoms with E-state index in [-0.39, 0.29) is 35.9 Å². The number of nitrogens with one attached hydrogen (secondary N) is 4. The number of likely N-dealkylation sites (N-methyl/N-ethyl adjacent to an activating group) is 1. The highest BCUT2D eigenvalue weighted by Crippen LogP contribution is 2.43. The Morgan fingerprint density at radius 2 is 1.68 bits per heavy atom. The minimum absolute atomic E-state index is 0.00310. The molecule has 3 aromatic rings. The van der Waals surface area contributed by atoms with Gasteiger partial charge in [-0.3, -0.25) is 14.4 Å². The lowest BCUT2D eigenvalue weighted by molar-refractivity contribution is -0.134. The van der Waals surface area contributed by atoms with Gasteiger partial charge in [0.15, 0.2) is 12.2 Å². The number of aliphatic hydroxyl groups excluding tert-OH is 1. The van der Waals surface area contributed by atoms with Gasteiger partial charge in [-0.1, -0.05) is 84.4 Å². The average molecular weight is 671 g/mol. The van der Waals surface area contributed by atoms with E-state index in [0.29, 0.717) is 18.5 Å². The molecule has 3 aromatic carbocycles. The lowest BCUT2D eigenvalue weighted by Gasteiger charge is -2.30. The molecule has 4 amide bonds. The van der Waals surface area contributed by atoms with Crippen molar-refractivity contribution >= 4 is 35.4 Å². The number of hydrogen-bond acceptors (Lipinski definition) is 6. The van der Waals surface area contributed by atoms with Gasteiger partial charge in [-0.05, 0) is 43.0 Å². The van der Waals surface area contributed by atoms with Gasteiger partial charge in [-0.25, -0.2) is 4.79 Å². The number of amides is 4. The van der Waals surface area contributed by atoms with Crippen LogP contribution in [0.3, 0.4) is 0 Å². The van der Waals surface area contributed by atoms with Crippen LogP contribution in [0.4, 0.5) is 13.6 Å². The van der Waals surface area contributed by atoms with E-state index in [0.717, 1.165) is 6.07 Å². The number of carbonyl (C=O) groups excluding carboxylic acids is 4. The standard InChI is InChI=1S/C34H37ClF2N4O6/c1-2-38-32(45)28(42)26(19-23-16-17-39-30(23)43)40-31(44)27(18-21-10-5-3-6-11-21)41-33(46)47-29(22-12-7-4-8-13-22)34(36,37)24-14-9-15-25(35)20-24/h3-15,20,23,26-29,42H,2,16-19H2,1H3,(H,38,45)(H,39,43)(H,40,44)(H,41,46)/t23-,26-,27-,28?,29?/m0/s1. The molecule has 0 saturated carbocycles. The predicted octanol–water partition coefficient (Wildman–Crippen LogP) is 4.02. The summed E-state index contributed by atoms with van der Waals surface area (Å²) >= 11 is 5.99. The number of hydrogen-bond donors (Lipinski definition) is 5. The molecule has 250 valence electrons. The molecule has 0 bridgehead atoms. The van der Waals surface area contributed by atoms with Crippen molar-refractivity contribution in [1.29, 1.82) is 0 Å². The maximum atomic E-state index is 16.0. The minimum atomic E-state index is -3.73. The van der Waals surface area contributed by atoms with Crippen molar-refractivity contribution in [2.45, 2.75) is 56.4 Å². The molecule has 0 spiro atoms. The Bertz CT molecular complexity index is 1530. The third kappa shape index (κ3) is 9.49. The monoisotopic (exact) mass is 670 g/mol. The summed E-state index contributed by atoms with van der Waals surface area (Å²) in [5.41, 5.74) is 0.132. The summed E-state index contributed by atoms with van der Waals surface area (Å²) in [6.45, 7) is 2.29. The summed E-state index contributed by atoms with van der Waals surface area (Å²) in [5.74, 6) is -6.16. The first-order valence-corrected chi connectivity index (χ1v) is 15.6. The third-order valence-corrected chi connectivity index (χ3v) is 8.02. The van der Waals surface area contributed by atoms with Crippen LogP contribution in [-0.2, 0) is 31.5 Å². The van der Waals surface area contributed by atoms with Crippen molar-refractivity contribution < 1.29 is 37.8 Å². The molecule has 1 fully saturated rings. The molecule has 47 heavy (non-hydrogen) atoms. The molecule has 0 aliphatic carbocycles. The van der Waals surface area contributed by atoms with E-state index in [2.05, 4.69) is 21.3 Å². The van der Waals surface area contributed by atoms with E-state index < -0.39 is 59.6 Å². The second-order valence-electron chi connectivity index (χ2n) is 11.2. The number of halogens is 3. The molecular formula is C34H37ClF2N4O6. The number of ether oxygens (including phenoxy) is 1. The van der Waals surface area contributed by atoms with Gasteiger partial charge in [0.05, 0.1) is 6.04 Å². The smallest absolute Gasteiger partial charge is 0.408 e. The zero-order valence-corrected chi connectivity index (χ0v) is 26.4. The van der Waals surface area contributed by atoms with Crippen LogP contribution in [0, 0.1) is 5.92 Å². The van der Waals surface area contributed by atoms with Gasteiger partial charge < -0.3 is 31.1 Å². The summed E-state index contributed by atoms with van der Waals surface area (Å²) in [5, 5.41) is 21.1. The fraction of sp³-hybridized carbons (Fsp3) is 0.353. The van der Waals surface area contributed by atoms with Gasteiger partial charge in [0.1, 0.15) is 6.04 Å². The van der Waals surface area contributed by atoms with Crippen LogP contribution in [0.15, 0.2) is 84.9 Å². The lowest BCUT2D eigenvalue weighted by atomic mass is 9.94. The number of benzene rings is 3. The number of aliphatic hydroxyl groups is 1. The van der Waals surface area contributed by atoms with Gasteiger partial charge in [-0.15, -0.1) is 0 Å². The van der Waals surface area contributed by atoms with Crippen LogP contribution in [0.5, 0.6) is 0 Å². The first-order valence-electron chi connectivity index (χ1n) is 15.2. The normalized spacial score (nSPS) is 17.0. The number of rotatable bonds is 14. The molecule has 10 nitrogen and oxygen atoms in total. The maximum Gasteiger partial charge on any atom is 0.408 e. The molecule has 1 saturated heterocycles. The Morgan fingerprint density at radius 3 is 2.30 bits per heavy atom. The lowest BCUT2D eigenvalue weighted by Crippen LogP contribution is -2.56. The number of alkyl carbamates (subject to hydrolysis) is 1. The molecule has 1 aliphatic heterocycles. The topological polar surface area (TPSA) is 146 Å². The van der Waals surface area contributed by atoms with Crippen LogP contribution in [0.1, 0.15) is 42.6 Å². The quantitative estimate of drug-likeness (QED) is 0.175. The van der Waals surface area contributed by atoms with Gasteiger partial charge in [0.2, 0.25) is 11.8 Å². The zero-order chi connectivity index (χ0) is 34.0. The third-order valence-electron chi connectivity index (χ3n) is 7.79. The summed E-state index contributed by atoms with van der Waals surface area (Å²) < 4.78 is 37.3. The minimum Gasteiger partial charge on any atom is -0.434 e. The van der Waals surface area contributed by atoms with Crippen molar-refractivity contribution in [2.75, 3.05) is 13.1 Å². The van der Waals surface area contributed by atoms with Gasteiger partial charge in [-0.2, -0.15) is 8.78 Å². The summed E-state index contributed by atoms with van der Waals surface area (Å²) in [6.07, 6.45) is -4.83. The Morgan fingerprint density at radius 1 is 1.00 bits per heavy atom. The average Bonchev–Trinajstić information content (AvgIpc) is 3.47. The van der Waals surface area contributed by atoms with Crippen LogP contribution < -0.4 is 21.3 Å². The Kier molecular flexibility index (Phi) is 12.3. The summed E-state index contributed by atoms with van der Waals surface area (Å²) in [4.78, 5) is 52.0. The maximum absolute atomic E-state index is 16.0.